The van der Waals surface area contributed by atoms with E-state index in [0.717, 1.165) is 29.7 Å². The van der Waals surface area contributed by atoms with Crippen LogP contribution in [0.2, 0.25) is 0 Å². The lowest BCUT2D eigenvalue weighted by atomic mass is 9.91. The highest BCUT2D eigenvalue weighted by atomic mass is 19.4. The summed E-state index contributed by atoms with van der Waals surface area (Å²) in [5.74, 6) is 0.731. The number of nitriles is 2. The molecule has 67 heavy (non-hydrogen) atoms. The number of benzene rings is 8. The normalized spacial score (nSPS) is 11.7. The van der Waals surface area contributed by atoms with E-state index in [4.69, 9.17) is 15.0 Å². The quantitative estimate of drug-likeness (QED) is 0.149. The van der Waals surface area contributed by atoms with Crippen molar-refractivity contribution in [2.45, 2.75) is 12.4 Å². The van der Waals surface area contributed by atoms with E-state index in [0.29, 0.717) is 61.6 Å². The van der Waals surface area contributed by atoms with Crippen molar-refractivity contribution in [3.63, 3.8) is 0 Å². The van der Waals surface area contributed by atoms with Crippen LogP contribution in [0.3, 0.4) is 0 Å². The van der Waals surface area contributed by atoms with Crippen LogP contribution >= 0.6 is 0 Å². The number of halogens is 6. The zero-order chi connectivity index (χ0) is 46.5. The van der Waals surface area contributed by atoms with Crippen LogP contribution in [0.15, 0.2) is 182 Å². The van der Waals surface area contributed by atoms with Gasteiger partial charge in [-0.1, -0.05) is 109 Å². The van der Waals surface area contributed by atoms with Crippen LogP contribution in [-0.2, 0) is 12.4 Å². The van der Waals surface area contributed by atoms with E-state index in [-0.39, 0.29) is 39.2 Å². The van der Waals surface area contributed by atoms with Gasteiger partial charge in [0, 0.05) is 38.6 Å². The fourth-order valence-electron chi connectivity index (χ4n) is 8.43. The van der Waals surface area contributed by atoms with Gasteiger partial charge in [0.25, 0.3) is 0 Å². The number of hydrogen-bond acceptors (Lipinski definition) is 5. The van der Waals surface area contributed by atoms with Gasteiger partial charge in [0.15, 0.2) is 17.5 Å². The highest BCUT2D eigenvalue weighted by Gasteiger charge is 2.33. The first kappa shape index (κ1) is 42.1. The molecule has 12 heteroatoms. The standard InChI is InChI=1S/C55H30F6N6/c56-54(57,58)42-17-9-15-38(26-42)45-29-41(53-65-51(35-11-3-1-4-12-35)64-52(66-53)36-13-5-2-6-14-36)30-46(39-16-10-18-43(27-39)55(59,60)61)50(45)67-48-20-8-7-19-44(48)47-28-37(21-22-49(47)67)40-24-33(31-62)23-34(25-40)32-63/h1-30H. The maximum absolute atomic E-state index is 14.6. The number of rotatable bonds is 7. The topological polar surface area (TPSA) is 91.2 Å². The molecule has 0 spiro atoms. The largest absolute Gasteiger partial charge is 0.416 e. The third kappa shape index (κ3) is 8.02. The Morgan fingerprint density at radius 2 is 0.836 bits per heavy atom. The van der Waals surface area contributed by atoms with Gasteiger partial charge in [-0.15, -0.1) is 0 Å². The first-order chi connectivity index (χ1) is 32.4. The second-order valence-electron chi connectivity index (χ2n) is 15.7. The van der Waals surface area contributed by atoms with E-state index in [2.05, 4.69) is 12.1 Å². The molecule has 0 aliphatic heterocycles. The third-order valence-corrected chi connectivity index (χ3v) is 11.5. The molecule has 0 aliphatic carbocycles. The van der Waals surface area contributed by atoms with E-state index in [9.17, 15) is 36.9 Å². The van der Waals surface area contributed by atoms with Crippen LogP contribution in [0.5, 0.6) is 0 Å². The summed E-state index contributed by atoms with van der Waals surface area (Å²) in [6.45, 7) is 0. The third-order valence-electron chi connectivity index (χ3n) is 11.5. The van der Waals surface area contributed by atoms with E-state index in [1.165, 1.54) is 30.3 Å². The van der Waals surface area contributed by atoms with E-state index in [1.807, 2.05) is 95.6 Å². The number of hydrogen-bond donors (Lipinski definition) is 0. The molecule has 0 aliphatic rings. The molecule has 0 unspecified atom stereocenters. The summed E-state index contributed by atoms with van der Waals surface area (Å²) in [7, 11) is 0. The predicted molar refractivity (Wildman–Crippen MR) is 246 cm³/mol. The van der Waals surface area contributed by atoms with Crippen molar-refractivity contribution in [2.24, 2.45) is 0 Å². The monoisotopic (exact) mass is 888 g/mol. The fraction of sp³-hybridized carbons (Fsp3) is 0.0364. The Hall–Kier alpha value is -8.87. The summed E-state index contributed by atoms with van der Waals surface area (Å²) in [6, 6.07) is 53.2. The number of nitrogens with zero attached hydrogens (tertiary/aromatic N) is 6. The maximum atomic E-state index is 14.6. The van der Waals surface area contributed by atoms with Crippen molar-refractivity contribution in [3.8, 4) is 85.4 Å². The minimum absolute atomic E-state index is 0.125. The smallest absolute Gasteiger partial charge is 0.308 e. The lowest BCUT2D eigenvalue weighted by Crippen LogP contribution is -2.07. The first-order valence-electron chi connectivity index (χ1n) is 20.8. The number of para-hydroxylation sites is 1. The zero-order valence-corrected chi connectivity index (χ0v) is 34.8. The molecule has 2 aromatic heterocycles. The Kier molecular flexibility index (Phi) is 10.4. The summed E-state index contributed by atoms with van der Waals surface area (Å²) < 4.78 is 89.6. The second kappa shape index (κ2) is 16.6. The molecule has 2 heterocycles. The van der Waals surface area contributed by atoms with Gasteiger partial charge >= 0.3 is 12.4 Å². The second-order valence-corrected chi connectivity index (χ2v) is 15.7. The molecule has 0 saturated heterocycles. The molecule has 0 bridgehead atoms. The van der Waals surface area contributed by atoms with Gasteiger partial charge < -0.3 is 4.57 Å². The molecule has 10 rings (SSSR count). The fourth-order valence-corrected chi connectivity index (χ4v) is 8.43. The molecule has 0 saturated carbocycles. The van der Waals surface area contributed by atoms with Gasteiger partial charge in [0.2, 0.25) is 0 Å². The van der Waals surface area contributed by atoms with Crippen LogP contribution in [0, 0.1) is 22.7 Å². The molecule has 8 aromatic carbocycles. The van der Waals surface area contributed by atoms with Crippen LogP contribution in [0.25, 0.3) is 95.0 Å². The highest BCUT2D eigenvalue weighted by Crippen LogP contribution is 2.46. The Bertz CT molecular complexity index is 3470. The van der Waals surface area contributed by atoms with E-state index in [1.54, 1.807) is 36.4 Å². The van der Waals surface area contributed by atoms with Crippen LogP contribution in [-0.4, -0.2) is 19.5 Å². The average molecular weight is 889 g/mol. The molecule has 10 aromatic rings. The molecule has 0 N–H and O–H groups in total. The van der Waals surface area contributed by atoms with Crippen LogP contribution in [0.1, 0.15) is 22.3 Å². The summed E-state index contributed by atoms with van der Waals surface area (Å²) in [4.78, 5) is 14.6. The van der Waals surface area contributed by atoms with E-state index < -0.39 is 23.5 Å². The van der Waals surface area contributed by atoms with Gasteiger partial charge in [-0.2, -0.15) is 36.9 Å². The van der Waals surface area contributed by atoms with Crippen molar-refractivity contribution in [1.29, 1.82) is 10.5 Å². The Labute approximate surface area is 379 Å². The Balaban J connectivity index is 1.34. The lowest BCUT2D eigenvalue weighted by Gasteiger charge is -2.22. The van der Waals surface area contributed by atoms with Gasteiger partial charge in [0.05, 0.1) is 51.1 Å². The lowest BCUT2D eigenvalue weighted by molar-refractivity contribution is -0.138. The zero-order valence-electron chi connectivity index (χ0n) is 34.8. The number of alkyl halides is 6. The molecule has 0 atom stereocenters. The van der Waals surface area contributed by atoms with Crippen LogP contribution in [0.4, 0.5) is 26.3 Å². The van der Waals surface area contributed by atoms with Crippen molar-refractivity contribution < 1.29 is 26.3 Å². The Morgan fingerprint density at radius 3 is 1.34 bits per heavy atom. The highest BCUT2D eigenvalue weighted by molar-refractivity contribution is 6.12. The Morgan fingerprint density at radius 1 is 0.373 bits per heavy atom. The molecule has 0 radical (unpaired) electrons. The molecule has 322 valence electrons. The number of aromatic nitrogens is 4. The SMILES string of the molecule is N#Cc1cc(C#N)cc(-c2ccc3c(c2)c2ccccc2n3-c2c(-c3cccc(C(F)(F)F)c3)cc(-c3nc(-c4ccccc4)nc(-c4ccccc4)n3)cc2-c2cccc(C(F)(F)F)c2)c1. The predicted octanol–water partition coefficient (Wildman–Crippen LogP) is 14.8. The number of fused-ring (bicyclic) bond motifs is 3. The van der Waals surface area contributed by atoms with Crippen molar-refractivity contribution >= 4 is 21.8 Å². The van der Waals surface area contributed by atoms with Gasteiger partial charge in [-0.3, -0.25) is 0 Å². The minimum Gasteiger partial charge on any atom is -0.308 e. The molecule has 0 fully saturated rings. The molecular formula is C55H30F6N6. The minimum atomic E-state index is -4.74. The van der Waals surface area contributed by atoms with Gasteiger partial charge in [-0.25, -0.2) is 15.0 Å². The summed E-state index contributed by atoms with van der Waals surface area (Å²) in [6.07, 6.45) is -9.48. The molecule has 0 amide bonds. The molecule has 6 nitrogen and oxygen atoms in total. The van der Waals surface area contributed by atoms with Crippen molar-refractivity contribution in [3.05, 3.63) is 204 Å². The van der Waals surface area contributed by atoms with Crippen LogP contribution < -0.4 is 0 Å². The first-order valence-corrected chi connectivity index (χ1v) is 20.8. The van der Waals surface area contributed by atoms with Gasteiger partial charge in [-0.05, 0) is 95.1 Å². The summed E-state index contributed by atoms with van der Waals surface area (Å²) in [5.41, 5.74) is 3.82. The average Bonchev–Trinajstić information content (AvgIpc) is 3.69. The van der Waals surface area contributed by atoms with E-state index >= 15 is 0 Å². The maximum Gasteiger partial charge on any atom is 0.416 e. The van der Waals surface area contributed by atoms with Gasteiger partial charge in [0.1, 0.15) is 0 Å². The summed E-state index contributed by atoms with van der Waals surface area (Å²) >= 11 is 0. The van der Waals surface area contributed by atoms with Crippen molar-refractivity contribution in [2.75, 3.05) is 0 Å². The molecular weight excluding hydrogens is 859 g/mol. The summed E-state index contributed by atoms with van der Waals surface area (Å²) in [5, 5.41) is 20.9. The van der Waals surface area contributed by atoms with Crippen molar-refractivity contribution in [1.82, 2.24) is 19.5 Å².